The fourth-order valence-electron chi connectivity index (χ4n) is 5.03. The van der Waals surface area contributed by atoms with Crippen molar-refractivity contribution in [3.63, 3.8) is 0 Å². The summed E-state index contributed by atoms with van der Waals surface area (Å²) >= 11 is 0. The van der Waals surface area contributed by atoms with Gasteiger partial charge in [-0.05, 0) is 55.1 Å². The van der Waals surface area contributed by atoms with Gasteiger partial charge in [0.15, 0.2) is 5.54 Å². The predicted octanol–water partition coefficient (Wildman–Crippen LogP) is 3.76. The molecular weight excluding hydrogens is 412 g/mol. The molecule has 2 aromatic carbocycles. The summed E-state index contributed by atoms with van der Waals surface area (Å²) in [5.41, 5.74) is 1.35. The zero-order valence-electron chi connectivity index (χ0n) is 18.6. The highest BCUT2D eigenvalue weighted by Gasteiger charge is 2.54. The molecule has 3 amide bonds. The van der Waals surface area contributed by atoms with Crippen LogP contribution in [0, 0.1) is 0 Å². The van der Waals surface area contributed by atoms with Gasteiger partial charge in [-0.3, -0.25) is 14.7 Å². The molecule has 33 heavy (non-hydrogen) atoms. The number of hydrogen-bond donors (Lipinski definition) is 1. The third-order valence-corrected chi connectivity index (χ3v) is 6.86. The molecule has 0 bridgehead atoms. The Hall–Kier alpha value is -3.51. The van der Waals surface area contributed by atoms with E-state index in [1.807, 2.05) is 36.4 Å². The summed E-state index contributed by atoms with van der Waals surface area (Å²) in [5.74, 6) is 0.311. The topological polar surface area (TPSA) is 65.5 Å². The first kappa shape index (κ1) is 21.3. The average Bonchev–Trinajstić information content (AvgIpc) is 3.15. The molecule has 3 heterocycles. The summed E-state index contributed by atoms with van der Waals surface area (Å²) < 4.78 is 0. The van der Waals surface area contributed by atoms with Crippen LogP contribution < -0.4 is 5.32 Å². The lowest BCUT2D eigenvalue weighted by atomic mass is 9.86. The molecule has 6 nitrogen and oxygen atoms in total. The van der Waals surface area contributed by atoms with Crippen LogP contribution in [0.15, 0.2) is 85.1 Å². The number of carbonyl (C=O) groups is 2. The number of rotatable bonds is 6. The number of hydrogen-bond acceptors (Lipinski definition) is 4. The Balaban J connectivity index is 1.29. The van der Waals surface area contributed by atoms with Crippen LogP contribution in [0.5, 0.6) is 0 Å². The lowest BCUT2D eigenvalue weighted by Crippen LogP contribution is -2.46. The number of nitrogens with one attached hydrogen (secondary N) is 1. The Morgan fingerprint density at radius 2 is 1.52 bits per heavy atom. The van der Waals surface area contributed by atoms with Crippen molar-refractivity contribution in [1.29, 1.82) is 0 Å². The largest absolute Gasteiger partial charge is 0.325 e. The van der Waals surface area contributed by atoms with Crippen LogP contribution in [0.25, 0.3) is 0 Å². The minimum atomic E-state index is -1.29. The van der Waals surface area contributed by atoms with Crippen molar-refractivity contribution >= 4 is 11.9 Å². The fourth-order valence-corrected chi connectivity index (χ4v) is 5.03. The van der Waals surface area contributed by atoms with Crippen molar-refractivity contribution in [1.82, 2.24) is 20.1 Å². The highest BCUT2D eigenvalue weighted by atomic mass is 16.2. The zero-order chi connectivity index (χ0) is 22.7. The van der Waals surface area contributed by atoms with Gasteiger partial charge in [0.1, 0.15) is 0 Å². The standard InChI is InChI=1S/C27H28N4O2/c32-25-27(23-11-5-2-6-12-23,24-13-7-8-16-28-24)29-26(33)31(25)20-19-30-17-14-22(15-18-30)21-9-3-1-4-10-21/h1-13,16,22H,14-15,17-20H2,(H,29,33). The van der Waals surface area contributed by atoms with Crippen LogP contribution in [0.2, 0.25) is 0 Å². The van der Waals surface area contributed by atoms with E-state index in [1.54, 1.807) is 18.3 Å². The summed E-state index contributed by atoms with van der Waals surface area (Å²) in [6.45, 7) is 2.97. The molecule has 6 heteroatoms. The van der Waals surface area contributed by atoms with Crippen molar-refractivity contribution in [3.8, 4) is 0 Å². The Bertz CT molecular complexity index is 1060. The number of imide groups is 1. The van der Waals surface area contributed by atoms with Gasteiger partial charge in [0.2, 0.25) is 0 Å². The molecule has 0 aliphatic carbocycles. The SMILES string of the molecule is O=C1NC(c2ccccc2)(c2ccccn2)C(=O)N1CCN1CCC(c2ccccc2)CC1. The molecule has 1 aromatic heterocycles. The molecule has 1 unspecified atom stereocenters. The number of nitrogens with zero attached hydrogens (tertiary/aromatic N) is 3. The van der Waals surface area contributed by atoms with Gasteiger partial charge in [0, 0.05) is 19.3 Å². The third kappa shape index (κ3) is 4.02. The number of pyridine rings is 1. The average molecular weight is 441 g/mol. The monoisotopic (exact) mass is 440 g/mol. The highest BCUT2D eigenvalue weighted by molar-refractivity contribution is 6.09. The minimum absolute atomic E-state index is 0.267. The van der Waals surface area contributed by atoms with Crippen LogP contribution in [-0.2, 0) is 10.3 Å². The number of aromatic nitrogens is 1. The van der Waals surface area contributed by atoms with Gasteiger partial charge in [0.25, 0.3) is 5.91 Å². The second kappa shape index (κ2) is 9.16. The van der Waals surface area contributed by atoms with E-state index in [9.17, 15) is 9.59 Å². The molecule has 5 rings (SSSR count). The van der Waals surface area contributed by atoms with Crippen molar-refractivity contribution in [2.75, 3.05) is 26.2 Å². The van der Waals surface area contributed by atoms with Crippen LogP contribution >= 0.6 is 0 Å². The summed E-state index contributed by atoms with van der Waals surface area (Å²) in [6.07, 6.45) is 3.83. The Kier molecular flexibility index (Phi) is 5.92. The first-order chi connectivity index (χ1) is 16.2. The van der Waals surface area contributed by atoms with Gasteiger partial charge >= 0.3 is 6.03 Å². The van der Waals surface area contributed by atoms with Crippen LogP contribution in [0.3, 0.4) is 0 Å². The van der Waals surface area contributed by atoms with Gasteiger partial charge in [-0.1, -0.05) is 66.7 Å². The van der Waals surface area contributed by atoms with E-state index in [2.05, 4.69) is 45.5 Å². The molecule has 2 saturated heterocycles. The molecule has 0 radical (unpaired) electrons. The van der Waals surface area contributed by atoms with Gasteiger partial charge < -0.3 is 10.2 Å². The van der Waals surface area contributed by atoms with E-state index in [0.717, 1.165) is 25.9 Å². The fraction of sp³-hybridized carbons (Fsp3) is 0.296. The van der Waals surface area contributed by atoms with Gasteiger partial charge in [-0.25, -0.2) is 4.79 Å². The van der Waals surface area contributed by atoms with E-state index in [-0.39, 0.29) is 11.9 Å². The van der Waals surface area contributed by atoms with Crippen molar-refractivity contribution < 1.29 is 9.59 Å². The van der Waals surface area contributed by atoms with E-state index in [4.69, 9.17) is 0 Å². The lowest BCUT2D eigenvalue weighted by molar-refractivity contribution is -0.130. The summed E-state index contributed by atoms with van der Waals surface area (Å²) in [4.78, 5) is 34.9. The quantitative estimate of drug-likeness (QED) is 0.593. The molecule has 0 spiro atoms. The number of likely N-dealkylation sites (tertiary alicyclic amines) is 1. The van der Waals surface area contributed by atoms with Crippen molar-refractivity contribution in [2.45, 2.75) is 24.3 Å². The normalized spacial score (nSPS) is 21.9. The molecule has 0 saturated carbocycles. The molecule has 2 fully saturated rings. The lowest BCUT2D eigenvalue weighted by Gasteiger charge is -2.33. The second-order valence-electron chi connectivity index (χ2n) is 8.74. The Labute approximate surface area is 194 Å². The first-order valence-corrected chi connectivity index (χ1v) is 11.6. The molecular formula is C27H28N4O2. The van der Waals surface area contributed by atoms with Gasteiger partial charge in [-0.15, -0.1) is 0 Å². The smallest absolute Gasteiger partial charge is 0.314 e. The third-order valence-electron chi connectivity index (χ3n) is 6.86. The molecule has 1 N–H and O–H groups in total. The summed E-state index contributed by atoms with van der Waals surface area (Å²) in [7, 11) is 0. The summed E-state index contributed by atoms with van der Waals surface area (Å²) in [5, 5.41) is 2.97. The maximum atomic E-state index is 13.7. The van der Waals surface area contributed by atoms with Gasteiger partial charge in [0.05, 0.1) is 5.69 Å². The van der Waals surface area contributed by atoms with Gasteiger partial charge in [-0.2, -0.15) is 0 Å². The predicted molar refractivity (Wildman–Crippen MR) is 127 cm³/mol. The summed E-state index contributed by atoms with van der Waals surface area (Å²) in [6, 6.07) is 25.1. The Morgan fingerprint density at radius 3 is 2.18 bits per heavy atom. The Morgan fingerprint density at radius 1 is 0.848 bits per heavy atom. The molecule has 1 atom stereocenters. The number of urea groups is 1. The molecule has 2 aliphatic heterocycles. The van der Waals surface area contributed by atoms with Crippen molar-refractivity contribution in [2.24, 2.45) is 0 Å². The van der Waals surface area contributed by atoms with E-state index in [1.165, 1.54) is 10.5 Å². The second-order valence-corrected chi connectivity index (χ2v) is 8.74. The maximum absolute atomic E-state index is 13.7. The zero-order valence-corrected chi connectivity index (χ0v) is 18.6. The molecule has 3 aromatic rings. The first-order valence-electron chi connectivity index (χ1n) is 11.6. The van der Waals surface area contributed by atoms with Crippen LogP contribution in [-0.4, -0.2) is 52.9 Å². The molecule has 168 valence electrons. The number of benzene rings is 2. The van der Waals surface area contributed by atoms with E-state index in [0.29, 0.717) is 30.3 Å². The van der Waals surface area contributed by atoms with E-state index < -0.39 is 5.54 Å². The number of carbonyl (C=O) groups excluding carboxylic acids is 2. The highest BCUT2D eigenvalue weighted by Crippen LogP contribution is 2.35. The van der Waals surface area contributed by atoms with Crippen LogP contribution in [0.1, 0.15) is 35.6 Å². The van der Waals surface area contributed by atoms with Crippen molar-refractivity contribution in [3.05, 3.63) is 102 Å². The number of amides is 3. The minimum Gasteiger partial charge on any atom is -0.314 e. The molecule has 2 aliphatic rings. The van der Waals surface area contributed by atoms with E-state index >= 15 is 0 Å². The maximum Gasteiger partial charge on any atom is 0.325 e. The number of piperidine rings is 1. The van der Waals surface area contributed by atoms with Crippen LogP contribution in [0.4, 0.5) is 4.79 Å².